The van der Waals surface area contributed by atoms with Crippen LogP contribution in [-0.4, -0.2) is 15.8 Å². The molecule has 1 saturated carbocycles. The van der Waals surface area contributed by atoms with E-state index >= 15 is 0 Å². The number of terminal acetylenes is 1. The van der Waals surface area contributed by atoms with Crippen molar-refractivity contribution in [2.24, 2.45) is 5.92 Å². The van der Waals surface area contributed by atoms with Gasteiger partial charge in [0.1, 0.15) is 0 Å². The van der Waals surface area contributed by atoms with Crippen molar-refractivity contribution in [3.8, 4) is 12.3 Å². The van der Waals surface area contributed by atoms with Crippen molar-refractivity contribution in [1.29, 1.82) is 0 Å². The molecule has 2 rings (SSSR count). The van der Waals surface area contributed by atoms with Crippen LogP contribution >= 0.6 is 0 Å². The highest BCUT2D eigenvalue weighted by molar-refractivity contribution is 5.04. The molecule has 0 saturated heterocycles. The molecule has 0 aliphatic heterocycles. The standard InChI is InChI=1S/C15H23N3/c1-4-15(12(2)3)16-11-13-9-10-18(17-13)14-7-5-6-8-14/h1,9-10,12,14-16H,5-8,11H2,2-3H3. The minimum absolute atomic E-state index is 0.127. The van der Waals surface area contributed by atoms with E-state index in [1.54, 1.807) is 0 Å². The van der Waals surface area contributed by atoms with E-state index in [-0.39, 0.29) is 6.04 Å². The summed E-state index contributed by atoms with van der Waals surface area (Å²) in [6.45, 7) is 5.02. The first-order valence-electron chi connectivity index (χ1n) is 6.94. The molecule has 1 aromatic heterocycles. The zero-order valence-electron chi connectivity index (χ0n) is 11.4. The molecule has 3 nitrogen and oxygen atoms in total. The first-order chi connectivity index (χ1) is 8.70. The van der Waals surface area contributed by atoms with E-state index in [1.165, 1.54) is 25.7 Å². The molecule has 98 valence electrons. The van der Waals surface area contributed by atoms with Crippen LogP contribution in [0.25, 0.3) is 0 Å². The molecule has 1 atom stereocenters. The van der Waals surface area contributed by atoms with E-state index in [9.17, 15) is 0 Å². The summed E-state index contributed by atoms with van der Waals surface area (Å²) in [5, 5.41) is 8.02. The molecule has 1 unspecified atom stereocenters. The fourth-order valence-electron chi connectivity index (χ4n) is 2.55. The second-order valence-corrected chi connectivity index (χ2v) is 5.49. The van der Waals surface area contributed by atoms with E-state index in [0.29, 0.717) is 12.0 Å². The highest BCUT2D eigenvalue weighted by Gasteiger charge is 2.17. The smallest absolute Gasteiger partial charge is 0.0762 e. The highest BCUT2D eigenvalue weighted by atomic mass is 15.3. The third-order valence-electron chi connectivity index (χ3n) is 3.71. The number of aromatic nitrogens is 2. The maximum atomic E-state index is 5.50. The first kappa shape index (κ1) is 13.2. The summed E-state index contributed by atoms with van der Waals surface area (Å²) in [4.78, 5) is 0. The Balaban J connectivity index is 1.88. The van der Waals surface area contributed by atoms with Crippen LogP contribution in [0.3, 0.4) is 0 Å². The van der Waals surface area contributed by atoms with Crippen LogP contribution in [0.1, 0.15) is 51.3 Å². The maximum absolute atomic E-state index is 5.50. The van der Waals surface area contributed by atoms with E-state index in [4.69, 9.17) is 6.42 Å². The van der Waals surface area contributed by atoms with E-state index in [1.807, 2.05) is 0 Å². The van der Waals surface area contributed by atoms with Gasteiger partial charge in [-0.25, -0.2) is 0 Å². The van der Waals surface area contributed by atoms with Gasteiger partial charge in [0.25, 0.3) is 0 Å². The average molecular weight is 245 g/mol. The van der Waals surface area contributed by atoms with Gasteiger partial charge in [-0.05, 0) is 24.8 Å². The Morgan fingerprint density at radius 1 is 1.50 bits per heavy atom. The van der Waals surface area contributed by atoms with Gasteiger partial charge < -0.3 is 0 Å². The Hall–Kier alpha value is -1.27. The van der Waals surface area contributed by atoms with Crippen LogP contribution < -0.4 is 5.32 Å². The molecule has 0 bridgehead atoms. The van der Waals surface area contributed by atoms with Crippen LogP contribution in [0.4, 0.5) is 0 Å². The molecule has 0 spiro atoms. The van der Waals surface area contributed by atoms with Crippen molar-refractivity contribution in [2.75, 3.05) is 0 Å². The maximum Gasteiger partial charge on any atom is 0.0762 e. The summed E-state index contributed by atoms with van der Waals surface area (Å²) in [5.74, 6) is 3.24. The lowest BCUT2D eigenvalue weighted by Gasteiger charge is -2.15. The molecule has 18 heavy (non-hydrogen) atoms. The van der Waals surface area contributed by atoms with Crippen LogP contribution in [0.2, 0.25) is 0 Å². The molecule has 0 radical (unpaired) electrons. The number of rotatable bonds is 5. The van der Waals surface area contributed by atoms with Gasteiger partial charge in [-0.2, -0.15) is 5.10 Å². The fraction of sp³-hybridized carbons (Fsp3) is 0.667. The van der Waals surface area contributed by atoms with Crippen molar-refractivity contribution in [1.82, 2.24) is 15.1 Å². The average Bonchev–Trinajstić information content (AvgIpc) is 2.99. The summed E-state index contributed by atoms with van der Waals surface area (Å²) in [6, 6.07) is 2.84. The molecule has 0 amide bonds. The van der Waals surface area contributed by atoms with Crippen LogP contribution in [-0.2, 0) is 6.54 Å². The minimum Gasteiger partial charge on any atom is -0.298 e. The molecule has 0 aromatic carbocycles. The van der Waals surface area contributed by atoms with Gasteiger partial charge in [-0.1, -0.05) is 32.6 Å². The van der Waals surface area contributed by atoms with Crippen molar-refractivity contribution in [3.63, 3.8) is 0 Å². The Morgan fingerprint density at radius 3 is 2.83 bits per heavy atom. The van der Waals surface area contributed by atoms with Gasteiger partial charge in [0, 0.05) is 12.7 Å². The Bertz CT molecular complexity index is 408. The second-order valence-electron chi connectivity index (χ2n) is 5.49. The Labute approximate surface area is 110 Å². The predicted molar refractivity (Wildman–Crippen MR) is 74.0 cm³/mol. The zero-order valence-corrected chi connectivity index (χ0v) is 11.4. The predicted octanol–water partition coefficient (Wildman–Crippen LogP) is 2.75. The summed E-state index contributed by atoms with van der Waals surface area (Å²) in [7, 11) is 0. The van der Waals surface area contributed by atoms with Crippen molar-refractivity contribution in [3.05, 3.63) is 18.0 Å². The SMILES string of the molecule is C#CC(NCc1ccn(C2CCCC2)n1)C(C)C. The van der Waals surface area contributed by atoms with Crippen molar-refractivity contribution in [2.45, 2.75) is 58.2 Å². The molecule has 1 aliphatic carbocycles. The summed E-state index contributed by atoms with van der Waals surface area (Å²) >= 11 is 0. The lowest BCUT2D eigenvalue weighted by molar-refractivity contribution is 0.448. The molecular formula is C15H23N3. The van der Waals surface area contributed by atoms with Crippen LogP contribution in [0.15, 0.2) is 12.3 Å². The molecule has 3 heteroatoms. The molecule has 1 heterocycles. The van der Waals surface area contributed by atoms with Crippen LogP contribution in [0, 0.1) is 18.3 Å². The van der Waals surface area contributed by atoms with Crippen molar-refractivity contribution >= 4 is 0 Å². The minimum atomic E-state index is 0.127. The van der Waals surface area contributed by atoms with E-state index in [0.717, 1.165) is 12.2 Å². The third-order valence-corrected chi connectivity index (χ3v) is 3.71. The second kappa shape index (κ2) is 6.06. The zero-order chi connectivity index (χ0) is 13.0. The molecule has 1 aliphatic rings. The number of nitrogens with one attached hydrogen (secondary N) is 1. The first-order valence-corrected chi connectivity index (χ1v) is 6.94. The Morgan fingerprint density at radius 2 is 2.22 bits per heavy atom. The van der Waals surface area contributed by atoms with Gasteiger partial charge in [0.2, 0.25) is 0 Å². The number of hydrogen-bond donors (Lipinski definition) is 1. The van der Waals surface area contributed by atoms with E-state index in [2.05, 4.69) is 47.1 Å². The third kappa shape index (κ3) is 3.14. The summed E-state index contributed by atoms with van der Waals surface area (Å²) < 4.78 is 2.13. The lowest BCUT2D eigenvalue weighted by Crippen LogP contribution is -2.32. The van der Waals surface area contributed by atoms with E-state index < -0.39 is 0 Å². The normalized spacial score (nSPS) is 18.1. The number of hydrogen-bond acceptors (Lipinski definition) is 2. The van der Waals surface area contributed by atoms with Crippen LogP contribution in [0.5, 0.6) is 0 Å². The van der Waals surface area contributed by atoms with Gasteiger partial charge >= 0.3 is 0 Å². The Kier molecular flexibility index (Phi) is 4.43. The summed E-state index contributed by atoms with van der Waals surface area (Å²) in [5.41, 5.74) is 1.09. The lowest BCUT2D eigenvalue weighted by atomic mass is 10.1. The highest BCUT2D eigenvalue weighted by Crippen LogP contribution is 2.28. The van der Waals surface area contributed by atoms with Gasteiger partial charge in [-0.3, -0.25) is 10.00 Å². The molecule has 1 N–H and O–H groups in total. The van der Waals surface area contributed by atoms with Gasteiger partial charge in [0.05, 0.1) is 17.8 Å². The van der Waals surface area contributed by atoms with Gasteiger partial charge in [0.15, 0.2) is 0 Å². The molecular weight excluding hydrogens is 222 g/mol. The fourth-order valence-corrected chi connectivity index (χ4v) is 2.55. The number of nitrogens with zero attached hydrogens (tertiary/aromatic N) is 2. The topological polar surface area (TPSA) is 29.9 Å². The largest absolute Gasteiger partial charge is 0.298 e. The quantitative estimate of drug-likeness (QED) is 0.808. The van der Waals surface area contributed by atoms with Gasteiger partial charge in [-0.15, -0.1) is 6.42 Å². The molecule has 1 fully saturated rings. The van der Waals surface area contributed by atoms with Crippen molar-refractivity contribution < 1.29 is 0 Å². The summed E-state index contributed by atoms with van der Waals surface area (Å²) in [6.07, 6.45) is 12.8. The molecule has 1 aromatic rings. The monoisotopic (exact) mass is 245 g/mol.